The molecule has 2 aromatic rings. The zero-order valence-electron chi connectivity index (χ0n) is 13.9. The summed E-state index contributed by atoms with van der Waals surface area (Å²) in [6, 6.07) is 4.83. The largest absolute Gasteiger partial charge is 0.573 e. The molecular weight excluding hydrogens is 371 g/mol. The number of thiazole rings is 1. The Kier molecular flexibility index (Phi) is 6.19. The minimum absolute atomic E-state index is 0.287. The lowest BCUT2D eigenvalue weighted by atomic mass is 10.1. The smallest absolute Gasteiger partial charge is 0.406 e. The monoisotopic (exact) mass is 387 g/mol. The van der Waals surface area contributed by atoms with Crippen molar-refractivity contribution in [3.05, 3.63) is 40.9 Å². The van der Waals surface area contributed by atoms with Crippen LogP contribution in [0.15, 0.2) is 30.5 Å². The Labute approximate surface area is 151 Å². The molecule has 1 atom stereocenters. The highest BCUT2D eigenvalue weighted by molar-refractivity contribution is 7.15. The van der Waals surface area contributed by atoms with E-state index in [1.165, 1.54) is 42.5 Å². The van der Waals surface area contributed by atoms with Gasteiger partial charge in [0.2, 0.25) is 11.8 Å². The Morgan fingerprint density at radius 2 is 1.92 bits per heavy atom. The third-order valence-corrected chi connectivity index (χ3v) is 4.04. The molecule has 1 aromatic heterocycles. The number of rotatable bonds is 6. The van der Waals surface area contributed by atoms with Gasteiger partial charge in [0, 0.05) is 24.4 Å². The second-order valence-electron chi connectivity index (χ2n) is 5.41. The minimum Gasteiger partial charge on any atom is -0.406 e. The molecule has 0 bridgehead atoms. The van der Waals surface area contributed by atoms with Crippen molar-refractivity contribution in [3.63, 3.8) is 0 Å². The molecule has 10 heteroatoms. The van der Waals surface area contributed by atoms with E-state index in [1.807, 2.05) is 0 Å². The van der Waals surface area contributed by atoms with Gasteiger partial charge in [0.1, 0.15) is 11.8 Å². The molecule has 0 fully saturated rings. The molecule has 1 unspecified atom stereocenters. The van der Waals surface area contributed by atoms with Crippen molar-refractivity contribution in [1.29, 1.82) is 0 Å². The number of anilines is 1. The topological polar surface area (TPSA) is 80.3 Å². The highest BCUT2D eigenvalue weighted by Gasteiger charge is 2.30. The maximum atomic E-state index is 12.1. The molecule has 0 spiro atoms. The summed E-state index contributed by atoms with van der Waals surface area (Å²) < 4.78 is 40.2. The Balaban J connectivity index is 1.93. The van der Waals surface area contributed by atoms with Crippen LogP contribution in [0.5, 0.6) is 5.75 Å². The Bertz CT molecular complexity index is 775. The van der Waals surface area contributed by atoms with Gasteiger partial charge in [0.25, 0.3) is 0 Å². The summed E-state index contributed by atoms with van der Waals surface area (Å²) in [6.45, 7) is 2.87. The summed E-state index contributed by atoms with van der Waals surface area (Å²) in [5, 5.41) is 5.44. The summed E-state index contributed by atoms with van der Waals surface area (Å²) >= 11 is 1.24. The van der Waals surface area contributed by atoms with E-state index in [-0.39, 0.29) is 11.7 Å². The van der Waals surface area contributed by atoms with Crippen LogP contribution in [-0.2, 0) is 16.0 Å². The molecule has 0 aliphatic rings. The predicted molar refractivity (Wildman–Crippen MR) is 90.0 cm³/mol. The van der Waals surface area contributed by atoms with Crippen LogP contribution in [0.2, 0.25) is 0 Å². The number of benzene rings is 1. The van der Waals surface area contributed by atoms with Crippen LogP contribution in [0.3, 0.4) is 0 Å². The third kappa shape index (κ3) is 6.36. The van der Waals surface area contributed by atoms with Crippen molar-refractivity contribution in [1.82, 2.24) is 10.3 Å². The van der Waals surface area contributed by atoms with Gasteiger partial charge < -0.3 is 15.4 Å². The molecular formula is C16H16F3N3O3S. The van der Waals surface area contributed by atoms with Gasteiger partial charge in [-0.1, -0.05) is 12.1 Å². The normalized spacial score (nSPS) is 12.3. The van der Waals surface area contributed by atoms with E-state index >= 15 is 0 Å². The van der Waals surface area contributed by atoms with Gasteiger partial charge in [0.05, 0.1) is 0 Å². The molecule has 0 saturated carbocycles. The molecule has 6 nitrogen and oxygen atoms in total. The summed E-state index contributed by atoms with van der Waals surface area (Å²) in [4.78, 5) is 27.7. The number of amides is 2. The van der Waals surface area contributed by atoms with Gasteiger partial charge in [-0.05, 0) is 24.6 Å². The number of nitrogens with one attached hydrogen (secondary N) is 2. The molecule has 2 rings (SSSR count). The van der Waals surface area contributed by atoms with Gasteiger partial charge in [-0.25, -0.2) is 4.98 Å². The molecule has 0 saturated heterocycles. The molecule has 0 radical (unpaired) electrons. The predicted octanol–water partition coefficient (Wildman–Crippen LogP) is 3.10. The fraction of sp³-hybridized carbons (Fsp3) is 0.312. The summed E-state index contributed by atoms with van der Waals surface area (Å²) in [5.41, 5.74) is 0.771. The number of aromatic nitrogens is 1. The standard InChI is InChI=1S/C16H16F3N3O3S/c1-9(21-10(2)23)14(24)22-15-20-8-13(26-15)7-11-3-5-12(6-4-11)25-16(17,18)19/h3-6,8-9H,7H2,1-2H3,(H,21,23)(H,20,22,24). The minimum atomic E-state index is -4.72. The number of alkyl halides is 3. The molecule has 0 aliphatic heterocycles. The maximum Gasteiger partial charge on any atom is 0.573 e. The van der Waals surface area contributed by atoms with E-state index in [0.717, 1.165) is 10.4 Å². The number of carbonyl (C=O) groups is 2. The first kappa shape index (κ1) is 19.7. The third-order valence-electron chi connectivity index (χ3n) is 3.13. The van der Waals surface area contributed by atoms with Crippen LogP contribution in [0, 0.1) is 0 Å². The molecule has 140 valence electrons. The van der Waals surface area contributed by atoms with Gasteiger partial charge in [0.15, 0.2) is 5.13 Å². The summed E-state index contributed by atoms with van der Waals surface area (Å²) in [5.74, 6) is -0.995. The average Bonchev–Trinajstić information content (AvgIpc) is 2.94. The second-order valence-corrected chi connectivity index (χ2v) is 6.53. The van der Waals surface area contributed by atoms with Crippen molar-refractivity contribution in [2.24, 2.45) is 0 Å². The number of carbonyl (C=O) groups excluding carboxylic acids is 2. The Morgan fingerprint density at radius 3 is 2.50 bits per heavy atom. The van der Waals surface area contributed by atoms with Crippen LogP contribution in [0.4, 0.5) is 18.3 Å². The first-order valence-electron chi connectivity index (χ1n) is 7.50. The van der Waals surface area contributed by atoms with Crippen molar-refractivity contribution in [2.45, 2.75) is 32.7 Å². The van der Waals surface area contributed by atoms with Crippen molar-refractivity contribution in [3.8, 4) is 5.75 Å². The van der Waals surface area contributed by atoms with E-state index in [2.05, 4.69) is 20.4 Å². The Hall–Kier alpha value is -2.62. The molecule has 26 heavy (non-hydrogen) atoms. The van der Waals surface area contributed by atoms with Crippen LogP contribution in [0.1, 0.15) is 24.3 Å². The van der Waals surface area contributed by atoms with E-state index in [1.54, 1.807) is 13.1 Å². The lowest BCUT2D eigenvalue weighted by Crippen LogP contribution is -2.40. The number of ether oxygens (including phenoxy) is 1. The van der Waals surface area contributed by atoms with Gasteiger partial charge in [-0.3, -0.25) is 9.59 Å². The summed E-state index contributed by atoms with van der Waals surface area (Å²) in [6.07, 6.45) is -2.70. The van der Waals surface area contributed by atoms with Gasteiger partial charge >= 0.3 is 6.36 Å². The zero-order valence-corrected chi connectivity index (χ0v) is 14.7. The van der Waals surface area contributed by atoms with Crippen LogP contribution < -0.4 is 15.4 Å². The average molecular weight is 387 g/mol. The highest BCUT2D eigenvalue weighted by atomic mass is 32.1. The van der Waals surface area contributed by atoms with Crippen LogP contribution in [0.25, 0.3) is 0 Å². The molecule has 1 heterocycles. The number of halogens is 3. The first-order chi connectivity index (χ1) is 12.1. The van der Waals surface area contributed by atoms with Crippen molar-refractivity contribution in [2.75, 3.05) is 5.32 Å². The first-order valence-corrected chi connectivity index (χ1v) is 8.31. The Morgan fingerprint density at radius 1 is 1.27 bits per heavy atom. The lowest BCUT2D eigenvalue weighted by molar-refractivity contribution is -0.274. The fourth-order valence-corrected chi connectivity index (χ4v) is 2.89. The number of hydrogen-bond acceptors (Lipinski definition) is 5. The highest BCUT2D eigenvalue weighted by Crippen LogP contribution is 2.25. The fourth-order valence-electron chi connectivity index (χ4n) is 2.04. The SMILES string of the molecule is CC(=O)NC(C)C(=O)Nc1ncc(Cc2ccc(OC(F)(F)F)cc2)s1. The zero-order chi connectivity index (χ0) is 19.3. The van der Waals surface area contributed by atoms with E-state index in [4.69, 9.17) is 0 Å². The quantitative estimate of drug-likeness (QED) is 0.798. The number of nitrogens with zero attached hydrogens (tertiary/aromatic N) is 1. The second kappa shape index (κ2) is 8.17. The van der Waals surface area contributed by atoms with E-state index in [0.29, 0.717) is 11.6 Å². The van der Waals surface area contributed by atoms with Crippen LogP contribution in [-0.4, -0.2) is 29.2 Å². The molecule has 2 amide bonds. The summed E-state index contributed by atoms with van der Waals surface area (Å²) in [7, 11) is 0. The van der Waals surface area contributed by atoms with Crippen molar-refractivity contribution >= 4 is 28.3 Å². The lowest BCUT2D eigenvalue weighted by Gasteiger charge is -2.10. The molecule has 2 N–H and O–H groups in total. The van der Waals surface area contributed by atoms with Gasteiger partial charge in [-0.15, -0.1) is 24.5 Å². The molecule has 1 aromatic carbocycles. The maximum absolute atomic E-state index is 12.1. The number of hydrogen-bond donors (Lipinski definition) is 2. The van der Waals surface area contributed by atoms with E-state index < -0.39 is 18.3 Å². The van der Waals surface area contributed by atoms with Crippen molar-refractivity contribution < 1.29 is 27.5 Å². The van der Waals surface area contributed by atoms with E-state index in [9.17, 15) is 22.8 Å². The van der Waals surface area contributed by atoms with Gasteiger partial charge in [-0.2, -0.15) is 0 Å². The van der Waals surface area contributed by atoms with Crippen LogP contribution >= 0.6 is 11.3 Å². The molecule has 0 aliphatic carbocycles.